The Labute approximate surface area is 142 Å². The molecule has 0 saturated heterocycles. The summed E-state index contributed by atoms with van der Waals surface area (Å²) in [6.45, 7) is 2.12. The second-order valence-corrected chi connectivity index (χ2v) is 14.4. The number of halogens is 3. The van der Waals surface area contributed by atoms with Crippen molar-refractivity contribution in [1.29, 1.82) is 0 Å². The van der Waals surface area contributed by atoms with Crippen molar-refractivity contribution in [3.63, 3.8) is 0 Å². The van der Waals surface area contributed by atoms with Crippen LogP contribution in [0.5, 0.6) is 0 Å². The van der Waals surface area contributed by atoms with E-state index in [1.54, 1.807) is 19.0 Å². The SMILES string of the molecule is CC[N+]([O-])=NN(C)c1cccc(C(I)(I)I)c1. The zero-order valence-electron chi connectivity index (χ0n) is 9.40. The van der Waals surface area contributed by atoms with Gasteiger partial charge in [0.15, 0.2) is 0 Å². The monoisotopic (exact) mass is 571 g/mol. The third-order valence-corrected chi connectivity index (χ3v) is 3.92. The largest absolute Gasteiger partial charge is 0.696 e. The van der Waals surface area contributed by atoms with Crippen LogP contribution in [0.4, 0.5) is 5.69 Å². The number of alkyl halides is 3. The molecule has 0 aliphatic heterocycles. The summed E-state index contributed by atoms with van der Waals surface area (Å²) in [5.41, 5.74) is 2.10. The molecule has 1 aromatic rings. The van der Waals surface area contributed by atoms with Crippen molar-refractivity contribution in [1.82, 2.24) is 0 Å². The number of anilines is 1. The molecule has 0 aliphatic rings. The Morgan fingerprint density at radius 3 is 2.59 bits per heavy atom. The zero-order valence-corrected chi connectivity index (χ0v) is 15.9. The molecule has 0 radical (unpaired) electrons. The van der Waals surface area contributed by atoms with Gasteiger partial charge in [-0.05, 0) is 92.4 Å². The van der Waals surface area contributed by atoms with Crippen LogP contribution < -0.4 is 5.01 Å². The Bertz CT molecular complexity index is 418. The van der Waals surface area contributed by atoms with Gasteiger partial charge < -0.3 is 5.21 Å². The van der Waals surface area contributed by atoms with Crippen molar-refractivity contribution in [3.05, 3.63) is 35.0 Å². The number of hydrogen-bond donors (Lipinski definition) is 0. The van der Waals surface area contributed by atoms with E-state index in [1.807, 2.05) is 18.2 Å². The molecule has 0 fully saturated rings. The lowest BCUT2D eigenvalue weighted by atomic mass is 10.2. The van der Waals surface area contributed by atoms with Gasteiger partial charge in [0.1, 0.15) is 18.7 Å². The summed E-state index contributed by atoms with van der Waals surface area (Å²) in [5, 5.41) is 16.7. The van der Waals surface area contributed by atoms with Gasteiger partial charge in [-0.15, -0.1) is 5.01 Å². The van der Waals surface area contributed by atoms with Gasteiger partial charge in [0.05, 0.1) is 5.22 Å². The summed E-state index contributed by atoms with van der Waals surface area (Å²) in [5.74, 6) is 0. The minimum absolute atomic E-state index is 0.00599. The Balaban J connectivity index is 3.00. The second kappa shape index (κ2) is 6.68. The average Bonchev–Trinajstić information content (AvgIpc) is 2.28. The Morgan fingerprint density at radius 2 is 2.06 bits per heavy atom. The number of rotatable bonds is 4. The fourth-order valence-electron chi connectivity index (χ4n) is 1.15. The average molecular weight is 571 g/mol. The van der Waals surface area contributed by atoms with Crippen molar-refractivity contribution >= 4 is 73.5 Å². The van der Waals surface area contributed by atoms with E-state index in [0.717, 1.165) is 5.69 Å². The molecule has 0 N–H and O–H groups in total. The van der Waals surface area contributed by atoms with Gasteiger partial charge in [-0.3, -0.25) is 0 Å². The van der Waals surface area contributed by atoms with Crippen molar-refractivity contribution in [2.75, 3.05) is 18.6 Å². The standard InChI is InChI=1S/C10H12I3N3O/c1-3-16(17)14-15(2)9-6-4-5-8(7-9)10(11,12)13/h4-7H,3H2,1-2H3. The van der Waals surface area contributed by atoms with Crippen LogP contribution in [-0.2, 0) is -0.565 Å². The minimum atomic E-state index is 0.00599. The minimum Gasteiger partial charge on any atom is -0.696 e. The Hall–Kier alpha value is 0.610. The lowest BCUT2D eigenvalue weighted by molar-refractivity contribution is -0.527. The van der Waals surface area contributed by atoms with Gasteiger partial charge in [-0.2, -0.15) is 4.86 Å². The Kier molecular flexibility index (Phi) is 6.16. The molecule has 0 aliphatic carbocycles. The smallest absolute Gasteiger partial charge is 0.149 e. The molecule has 0 spiro atoms. The van der Waals surface area contributed by atoms with E-state index in [-0.39, 0.29) is -0.565 Å². The first kappa shape index (κ1) is 15.7. The van der Waals surface area contributed by atoms with Crippen LogP contribution in [-0.4, -0.2) is 18.5 Å². The van der Waals surface area contributed by atoms with Crippen LogP contribution in [0.15, 0.2) is 29.5 Å². The molecule has 1 rings (SSSR count). The molecule has 0 amide bonds. The van der Waals surface area contributed by atoms with E-state index in [9.17, 15) is 5.21 Å². The van der Waals surface area contributed by atoms with E-state index < -0.39 is 0 Å². The third-order valence-electron chi connectivity index (χ3n) is 2.05. The lowest BCUT2D eigenvalue weighted by Crippen LogP contribution is -2.14. The molecule has 0 unspecified atom stereocenters. The van der Waals surface area contributed by atoms with Gasteiger partial charge in [0.2, 0.25) is 0 Å². The molecule has 4 nitrogen and oxygen atoms in total. The first-order valence-electron chi connectivity index (χ1n) is 4.92. The fraction of sp³-hybridized carbons (Fsp3) is 0.400. The predicted octanol–water partition coefficient (Wildman–Crippen LogP) is 4.44. The summed E-state index contributed by atoms with van der Waals surface area (Å²) < 4.78 is 0.00599. The summed E-state index contributed by atoms with van der Waals surface area (Å²) in [4.78, 5) is 0.665. The van der Waals surface area contributed by atoms with E-state index >= 15 is 0 Å². The predicted molar refractivity (Wildman–Crippen MR) is 95.2 cm³/mol. The van der Waals surface area contributed by atoms with Gasteiger partial charge in [0, 0.05) is 0 Å². The van der Waals surface area contributed by atoms with E-state index in [4.69, 9.17) is 0 Å². The summed E-state index contributed by atoms with van der Waals surface area (Å²) in [7, 11) is 1.77. The molecule has 0 heterocycles. The number of nitrogens with zero attached hydrogens (tertiary/aromatic N) is 3. The van der Waals surface area contributed by atoms with Crippen molar-refractivity contribution in [2.45, 2.75) is 6.36 Å². The van der Waals surface area contributed by atoms with Gasteiger partial charge in [0.25, 0.3) is 0 Å². The first-order chi connectivity index (χ1) is 7.84. The number of hydroxylamine groups is 1. The van der Waals surface area contributed by atoms with Crippen molar-refractivity contribution in [2.24, 2.45) is 5.22 Å². The molecular formula is C10H12I3N3O. The second-order valence-electron chi connectivity index (χ2n) is 3.33. The fourth-order valence-corrected chi connectivity index (χ4v) is 2.15. The Morgan fingerprint density at radius 1 is 1.41 bits per heavy atom. The number of hydrogen-bond acceptors (Lipinski definition) is 2. The summed E-state index contributed by atoms with van der Waals surface area (Å²) in [6, 6.07) is 8.02. The first-order valence-corrected chi connectivity index (χ1v) is 8.15. The van der Waals surface area contributed by atoms with Crippen LogP contribution in [0.3, 0.4) is 0 Å². The maximum atomic E-state index is 11.2. The lowest BCUT2D eigenvalue weighted by Gasteiger charge is -2.14. The molecule has 0 bridgehead atoms. The van der Waals surface area contributed by atoms with Crippen LogP contribution in [0, 0.1) is 5.21 Å². The molecule has 17 heavy (non-hydrogen) atoms. The van der Waals surface area contributed by atoms with Gasteiger partial charge in [-0.25, -0.2) is 0 Å². The maximum Gasteiger partial charge on any atom is 0.149 e. The zero-order chi connectivity index (χ0) is 13.1. The number of benzene rings is 1. The van der Waals surface area contributed by atoms with Crippen LogP contribution in [0.1, 0.15) is 12.5 Å². The summed E-state index contributed by atoms with van der Waals surface area (Å²) >= 11 is 7.10. The van der Waals surface area contributed by atoms with Crippen molar-refractivity contribution < 1.29 is 4.86 Å². The molecular weight excluding hydrogens is 559 g/mol. The van der Waals surface area contributed by atoms with Crippen LogP contribution in [0.2, 0.25) is 0 Å². The quantitative estimate of drug-likeness (QED) is 0.177. The molecule has 0 saturated carbocycles. The summed E-state index contributed by atoms with van der Waals surface area (Å²) in [6.07, 6.45) is 0. The topological polar surface area (TPSA) is 41.7 Å². The molecule has 0 atom stereocenters. The molecule has 1 aromatic carbocycles. The molecule has 7 heteroatoms. The third kappa shape index (κ3) is 5.01. The van der Waals surface area contributed by atoms with Gasteiger partial charge >= 0.3 is 0 Å². The highest BCUT2D eigenvalue weighted by atomic mass is 127. The van der Waals surface area contributed by atoms with Crippen LogP contribution in [0.25, 0.3) is 0 Å². The van der Waals surface area contributed by atoms with E-state index in [2.05, 4.69) is 79.1 Å². The molecule has 94 valence electrons. The highest BCUT2D eigenvalue weighted by molar-refractivity contribution is 14.3. The highest BCUT2D eigenvalue weighted by Gasteiger charge is 2.21. The molecule has 0 aromatic heterocycles. The normalized spacial score (nSPS) is 12.6. The van der Waals surface area contributed by atoms with Crippen molar-refractivity contribution in [3.8, 4) is 0 Å². The van der Waals surface area contributed by atoms with Gasteiger partial charge in [-0.1, -0.05) is 12.1 Å². The highest BCUT2D eigenvalue weighted by Crippen LogP contribution is 2.46. The van der Waals surface area contributed by atoms with E-state index in [1.165, 1.54) is 5.56 Å². The van der Waals surface area contributed by atoms with E-state index in [0.29, 0.717) is 11.4 Å². The van der Waals surface area contributed by atoms with Crippen LogP contribution >= 0.6 is 67.8 Å². The maximum absolute atomic E-state index is 11.2.